The lowest BCUT2D eigenvalue weighted by molar-refractivity contribution is 0.583. The highest BCUT2D eigenvalue weighted by atomic mass is 32.2. The Morgan fingerprint density at radius 2 is 2.15 bits per heavy atom. The maximum absolute atomic E-state index is 11.3. The summed E-state index contributed by atoms with van der Waals surface area (Å²) in [5, 5.41) is 7.29. The Morgan fingerprint density at radius 1 is 1.38 bits per heavy atom. The summed E-state index contributed by atoms with van der Waals surface area (Å²) in [6.07, 6.45) is 3.02. The zero-order valence-electron chi connectivity index (χ0n) is 6.85. The van der Waals surface area contributed by atoms with Gasteiger partial charge in [0.15, 0.2) is 0 Å². The highest BCUT2D eigenvalue weighted by Gasteiger charge is 2.21. The summed E-state index contributed by atoms with van der Waals surface area (Å²) in [5.41, 5.74) is 1.27. The molecule has 68 valence electrons. The molecule has 0 spiro atoms. The molecule has 0 aromatic carbocycles. The summed E-state index contributed by atoms with van der Waals surface area (Å²) in [4.78, 5) is 0. The van der Waals surface area contributed by atoms with Crippen LogP contribution >= 0.6 is 0 Å². The van der Waals surface area contributed by atoms with E-state index in [1.807, 2.05) is 0 Å². The maximum atomic E-state index is 11.3. The van der Waals surface area contributed by atoms with E-state index in [1.54, 1.807) is 19.1 Å². The molecule has 1 aromatic heterocycles. The van der Waals surface area contributed by atoms with Gasteiger partial charge in [-0.2, -0.15) is 13.5 Å². The predicted octanol–water partition coefficient (Wildman–Crippen LogP) is 0.0476. The summed E-state index contributed by atoms with van der Waals surface area (Å²) < 4.78 is 24.9. The van der Waals surface area contributed by atoms with E-state index in [4.69, 9.17) is 0 Å². The first-order valence-electron chi connectivity index (χ1n) is 3.63. The van der Waals surface area contributed by atoms with E-state index >= 15 is 0 Å². The molecule has 13 heavy (non-hydrogen) atoms. The summed E-state index contributed by atoms with van der Waals surface area (Å²) in [7, 11) is -3.47. The van der Waals surface area contributed by atoms with Gasteiger partial charge in [-0.05, 0) is 19.1 Å². The molecule has 2 heterocycles. The van der Waals surface area contributed by atoms with Crippen molar-refractivity contribution in [1.29, 1.82) is 0 Å². The first-order valence-corrected chi connectivity index (χ1v) is 5.11. The van der Waals surface area contributed by atoms with E-state index in [1.165, 1.54) is 6.20 Å². The molecule has 0 amide bonds. The minimum Gasteiger partial charge on any atom is -0.285 e. The number of aromatic nitrogens is 2. The Kier molecular flexibility index (Phi) is 1.59. The molecule has 1 aromatic rings. The van der Waals surface area contributed by atoms with E-state index in [9.17, 15) is 8.42 Å². The minimum absolute atomic E-state index is 0.0133. The van der Waals surface area contributed by atoms with Crippen LogP contribution in [0, 0.1) is 6.92 Å². The van der Waals surface area contributed by atoms with Gasteiger partial charge in [0, 0.05) is 11.8 Å². The quantitative estimate of drug-likeness (QED) is 0.637. The molecule has 1 aliphatic rings. The van der Waals surface area contributed by atoms with Crippen molar-refractivity contribution < 1.29 is 8.42 Å². The number of fused-ring (bicyclic) bond motifs is 1. The van der Waals surface area contributed by atoms with Crippen LogP contribution in [0.3, 0.4) is 0 Å². The molecule has 0 saturated carbocycles. The Labute approximate surface area is 75.5 Å². The van der Waals surface area contributed by atoms with Crippen molar-refractivity contribution in [3.63, 3.8) is 0 Å². The molecular formula is C7H7N3O2S. The lowest BCUT2D eigenvalue weighted by Crippen LogP contribution is -2.23. The monoisotopic (exact) mass is 197 g/mol. The van der Waals surface area contributed by atoms with Crippen molar-refractivity contribution in [2.24, 2.45) is 0 Å². The highest BCUT2D eigenvalue weighted by molar-refractivity contribution is 7.89. The highest BCUT2D eigenvalue weighted by Crippen LogP contribution is 2.17. The van der Waals surface area contributed by atoms with Gasteiger partial charge in [-0.1, -0.05) is 0 Å². The molecular weight excluding hydrogens is 190 g/mol. The van der Waals surface area contributed by atoms with Gasteiger partial charge in [0.1, 0.15) is 0 Å². The van der Waals surface area contributed by atoms with Gasteiger partial charge in [-0.3, -0.25) is 4.72 Å². The van der Waals surface area contributed by atoms with Crippen molar-refractivity contribution in [2.45, 2.75) is 11.9 Å². The van der Waals surface area contributed by atoms with Crippen LogP contribution in [0.2, 0.25) is 0 Å². The van der Waals surface area contributed by atoms with Crippen molar-refractivity contribution in [3.05, 3.63) is 23.5 Å². The van der Waals surface area contributed by atoms with Crippen molar-refractivity contribution >= 4 is 16.1 Å². The van der Waals surface area contributed by atoms with E-state index in [-0.39, 0.29) is 5.03 Å². The van der Waals surface area contributed by atoms with Gasteiger partial charge in [0.25, 0.3) is 10.0 Å². The predicted molar refractivity (Wildman–Crippen MR) is 46.1 cm³/mol. The summed E-state index contributed by atoms with van der Waals surface area (Å²) >= 11 is 0. The van der Waals surface area contributed by atoms with Gasteiger partial charge in [0.2, 0.25) is 5.03 Å². The first kappa shape index (κ1) is 8.18. The van der Waals surface area contributed by atoms with E-state index in [0.717, 1.165) is 0 Å². The Hall–Kier alpha value is -1.43. The number of hydrogen-bond acceptors (Lipinski definition) is 4. The molecule has 1 N–H and O–H groups in total. The standard InChI is InChI=1S/C7H7N3O2S/c1-5-4-6-2-3-8-13(11,12)7(6)10-9-5/h2-4,8H,1H3. The Balaban J connectivity index is 2.75. The van der Waals surface area contributed by atoms with Crippen LogP contribution in [0.1, 0.15) is 11.3 Å². The number of sulfonamides is 1. The van der Waals surface area contributed by atoms with Crippen LogP contribution in [-0.2, 0) is 10.0 Å². The first-order chi connectivity index (χ1) is 6.09. The van der Waals surface area contributed by atoms with Gasteiger partial charge < -0.3 is 0 Å². The van der Waals surface area contributed by atoms with Gasteiger partial charge in [-0.15, -0.1) is 5.10 Å². The van der Waals surface area contributed by atoms with Crippen LogP contribution in [0.15, 0.2) is 17.3 Å². The molecule has 0 bridgehead atoms. The maximum Gasteiger partial charge on any atom is 0.281 e. The second-order valence-corrected chi connectivity index (χ2v) is 4.33. The van der Waals surface area contributed by atoms with Crippen molar-refractivity contribution in [3.8, 4) is 0 Å². The van der Waals surface area contributed by atoms with E-state index in [0.29, 0.717) is 11.3 Å². The van der Waals surface area contributed by atoms with Crippen LogP contribution in [0.25, 0.3) is 6.08 Å². The largest absolute Gasteiger partial charge is 0.285 e. The normalized spacial score (nSPS) is 17.6. The number of nitrogens with one attached hydrogen (secondary N) is 1. The molecule has 1 aliphatic heterocycles. The van der Waals surface area contributed by atoms with E-state index in [2.05, 4.69) is 14.9 Å². The molecule has 5 nitrogen and oxygen atoms in total. The average Bonchev–Trinajstić information content (AvgIpc) is 2.02. The third-order valence-electron chi connectivity index (χ3n) is 1.65. The molecule has 0 fully saturated rings. The smallest absolute Gasteiger partial charge is 0.281 e. The number of aryl methyl sites for hydroxylation is 1. The minimum atomic E-state index is -3.47. The van der Waals surface area contributed by atoms with Crippen molar-refractivity contribution in [2.75, 3.05) is 0 Å². The van der Waals surface area contributed by atoms with Crippen LogP contribution < -0.4 is 4.72 Å². The lowest BCUT2D eigenvalue weighted by Gasteiger charge is -2.10. The second-order valence-electron chi connectivity index (χ2n) is 2.70. The molecule has 2 rings (SSSR count). The average molecular weight is 197 g/mol. The topological polar surface area (TPSA) is 72.0 Å². The third kappa shape index (κ3) is 1.29. The lowest BCUT2D eigenvalue weighted by atomic mass is 10.2. The van der Waals surface area contributed by atoms with Crippen LogP contribution in [0.5, 0.6) is 0 Å². The second kappa shape index (κ2) is 2.53. The third-order valence-corrected chi connectivity index (χ3v) is 2.92. The summed E-state index contributed by atoms with van der Waals surface area (Å²) in [6, 6.07) is 1.68. The van der Waals surface area contributed by atoms with Crippen molar-refractivity contribution in [1.82, 2.24) is 14.9 Å². The number of nitrogens with zero attached hydrogens (tertiary/aromatic N) is 2. The zero-order valence-corrected chi connectivity index (χ0v) is 7.67. The Bertz CT molecular complexity index is 479. The molecule has 0 aliphatic carbocycles. The molecule has 0 atom stereocenters. The molecule has 0 radical (unpaired) electrons. The SMILES string of the molecule is Cc1cc2c(nn1)S(=O)(=O)NC=C2. The summed E-state index contributed by atoms with van der Waals surface area (Å²) in [5.74, 6) is 0. The van der Waals surface area contributed by atoms with Gasteiger partial charge in [0.05, 0.1) is 5.69 Å². The summed E-state index contributed by atoms with van der Waals surface area (Å²) in [6.45, 7) is 1.76. The van der Waals surface area contributed by atoms with Crippen LogP contribution in [0.4, 0.5) is 0 Å². The molecule has 6 heteroatoms. The van der Waals surface area contributed by atoms with Gasteiger partial charge >= 0.3 is 0 Å². The fraction of sp³-hybridized carbons (Fsp3) is 0.143. The fourth-order valence-corrected chi connectivity index (χ4v) is 2.04. The van der Waals surface area contributed by atoms with E-state index < -0.39 is 10.0 Å². The Morgan fingerprint density at radius 3 is 2.92 bits per heavy atom. The van der Waals surface area contributed by atoms with Crippen LogP contribution in [-0.4, -0.2) is 18.6 Å². The molecule has 0 unspecified atom stereocenters. The molecule has 0 saturated heterocycles. The number of hydrogen-bond donors (Lipinski definition) is 1. The zero-order chi connectivity index (χ0) is 9.47. The number of rotatable bonds is 0. The van der Waals surface area contributed by atoms with Gasteiger partial charge in [-0.25, -0.2) is 0 Å². The fourth-order valence-electron chi connectivity index (χ4n) is 1.10.